The second-order valence-corrected chi connectivity index (χ2v) is 7.22. The van der Waals surface area contributed by atoms with E-state index < -0.39 is 12.0 Å². The van der Waals surface area contributed by atoms with Crippen molar-refractivity contribution >= 4 is 40.4 Å². The van der Waals surface area contributed by atoms with Crippen LogP contribution in [0, 0.1) is 5.92 Å². The lowest BCUT2D eigenvalue weighted by Crippen LogP contribution is -2.32. The first kappa shape index (κ1) is 17.8. The molecule has 1 amide bonds. The van der Waals surface area contributed by atoms with Crippen LogP contribution < -0.4 is 0 Å². The number of carbonyl (C=O) groups is 3. The predicted octanol–water partition coefficient (Wildman–Crippen LogP) is 2.98. The van der Waals surface area contributed by atoms with Gasteiger partial charge in [-0.25, -0.2) is 0 Å². The third kappa shape index (κ3) is 4.97. The highest BCUT2D eigenvalue weighted by Crippen LogP contribution is 2.33. The summed E-state index contributed by atoms with van der Waals surface area (Å²) >= 11 is 7.08. The molecular formula is C16H18ClNO4S. The van der Waals surface area contributed by atoms with Crippen LogP contribution in [0.25, 0.3) is 0 Å². The van der Waals surface area contributed by atoms with Gasteiger partial charge in [0.25, 0.3) is 0 Å². The molecule has 0 aliphatic carbocycles. The number of benzene rings is 1. The van der Waals surface area contributed by atoms with Crippen molar-refractivity contribution < 1.29 is 19.5 Å². The first-order valence-corrected chi connectivity index (χ1v) is 8.63. The second-order valence-electron chi connectivity index (χ2n) is 5.58. The number of likely N-dealkylation sites (tertiary alicyclic amines) is 1. The van der Waals surface area contributed by atoms with Crippen LogP contribution in [-0.4, -0.2) is 39.3 Å². The first-order chi connectivity index (χ1) is 10.9. The molecule has 1 aromatic carbocycles. The minimum atomic E-state index is -0.959. The van der Waals surface area contributed by atoms with Crippen molar-refractivity contribution in [1.29, 1.82) is 0 Å². The summed E-state index contributed by atoms with van der Waals surface area (Å²) < 4.78 is 0. The standard InChI is InChI=1S/C16H18ClNO4S/c1-10(19)23-9-11-6-15(20)18(8-11)14(7-16(21)22)12-2-4-13(17)5-3-12/h2-5,11,14H,6-9H2,1H3,(H,21,22). The Balaban J connectivity index is 2.15. The molecule has 1 saturated heterocycles. The van der Waals surface area contributed by atoms with Crippen LogP contribution in [0.15, 0.2) is 24.3 Å². The van der Waals surface area contributed by atoms with E-state index in [2.05, 4.69) is 0 Å². The summed E-state index contributed by atoms with van der Waals surface area (Å²) in [5.41, 5.74) is 0.755. The summed E-state index contributed by atoms with van der Waals surface area (Å²) in [6.45, 7) is 1.97. The Bertz CT molecular complexity index is 605. The van der Waals surface area contributed by atoms with E-state index in [1.807, 2.05) is 0 Å². The summed E-state index contributed by atoms with van der Waals surface area (Å²) in [4.78, 5) is 36.2. The van der Waals surface area contributed by atoms with Crippen molar-refractivity contribution in [2.75, 3.05) is 12.3 Å². The maximum Gasteiger partial charge on any atom is 0.305 e. The van der Waals surface area contributed by atoms with Gasteiger partial charge in [0.05, 0.1) is 12.5 Å². The number of carbonyl (C=O) groups excluding carboxylic acids is 2. The fourth-order valence-corrected chi connectivity index (χ4v) is 3.53. The average Bonchev–Trinajstić information content (AvgIpc) is 2.84. The topological polar surface area (TPSA) is 74.7 Å². The molecule has 1 aromatic rings. The van der Waals surface area contributed by atoms with Gasteiger partial charge in [0.1, 0.15) is 0 Å². The molecule has 7 heteroatoms. The van der Waals surface area contributed by atoms with E-state index in [0.717, 1.165) is 5.56 Å². The number of thioether (sulfide) groups is 1. The summed E-state index contributed by atoms with van der Waals surface area (Å²) in [5.74, 6) is -0.377. The second kappa shape index (κ2) is 7.84. The van der Waals surface area contributed by atoms with Crippen LogP contribution >= 0.6 is 23.4 Å². The zero-order valence-corrected chi connectivity index (χ0v) is 14.3. The van der Waals surface area contributed by atoms with E-state index in [-0.39, 0.29) is 23.4 Å². The van der Waals surface area contributed by atoms with Crippen LogP contribution in [0.1, 0.15) is 31.4 Å². The number of hydrogen-bond acceptors (Lipinski definition) is 4. The molecule has 2 unspecified atom stereocenters. The number of nitrogens with zero attached hydrogens (tertiary/aromatic N) is 1. The first-order valence-electron chi connectivity index (χ1n) is 7.27. The van der Waals surface area contributed by atoms with Crippen molar-refractivity contribution in [3.63, 3.8) is 0 Å². The molecule has 0 aromatic heterocycles. The Morgan fingerprint density at radius 2 is 2.04 bits per heavy atom. The number of aliphatic carboxylic acids is 1. The summed E-state index contributed by atoms with van der Waals surface area (Å²) in [7, 11) is 0. The van der Waals surface area contributed by atoms with Crippen molar-refractivity contribution in [2.24, 2.45) is 5.92 Å². The Morgan fingerprint density at radius 3 is 2.61 bits per heavy atom. The number of carboxylic acid groups (broad SMARTS) is 1. The van der Waals surface area contributed by atoms with Crippen molar-refractivity contribution in [3.8, 4) is 0 Å². The fourth-order valence-electron chi connectivity index (χ4n) is 2.71. The van der Waals surface area contributed by atoms with Crippen molar-refractivity contribution in [1.82, 2.24) is 4.90 Å². The summed E-state index contributed by atoms with van der Waals surface area (Å²) in [5, 5.41) is 9.76. The highest BCUT2D eigenvalue weighted by molar-refractivity contribution is 8.13. The SMILES string of the molecule is CC(=O)SCC1CC(=O)N(C(CC(=O)O)c2ccc(Cl)cc2)C1. The van der Waals surface area contributed by atoms with E-state index in [0.29, 0.717) is 23.7 Å². The van der Waals surface area contributed by atoms with Crippen LogP contribution in [0.4, 0.5) is 0 Å². The van der Waals surface area contributed by atoms with Crippen LogP contribution in [0.3, 0.4) is 0 Å². The summed E-state index contributed by atoms with van der Waals surface area (Å²) in [6, 6.07) is 6.37. The van der Waals surface area contributed by atoms with E-state index in [1.54, 1.807) is 29.2 Å². The minimum Gasteiger partial charge on any atom is -0.481 e. The maximum atomic E-state index is 12.3. The molecule has 1 aliphatic rings. The van der Waals surface area contributed by atoms with Crippen LogP contribution in [0.2, 0.25) is 5.02 Å². The smallest absolute Gasteiger partial charge is 0.305 e. The number of carboxylic acids is 1. The Hall–Kier alpha value is -1.53. The van der Waals surface area contributed by atoms with Gasteiger partial charge in [0.2, 0.25) is 5.91 Å². The van der Waals surface area contributed by atoms with Crippen LogP contribution in [-0.2, 0) is 14.4 Å². The zero-order valence-electron chi connectivity index (χ0n) is 12.7. The van der Waals surface area contributed by atoms with E-state index >= 15 is 0 Å². The molecule has 1 fully saturated rings. The number of amides is 1. The fraction of sp³-hybridized carbons (Fsp3) is 0.438. The summed E-state index contributed by atoms with van der Waals surface area (Å²) in [6.07, 6.45) is 0.198. The van der Waals surface area contributed by atoms with Gasteiger partial charge in [-0.05, 0) is 23.6 Å². The molecule has 2 atom stereocenters. The number of halogens is 1. The quantitative estimate of drug-likeness (QED) is 0.849. The van der Waals surface area contributed by atoms with Crippen molar-refractivity contribution in [2.45, 2.75) is 25.8 Å². The van der Waals surface area contributed by atoms with E-state index in [9.17, 15) is 19.5 Å². The van der Waals surface area contributed by atoms with Gasteiger partial charge in [0.15, 0.2) is 5.12 Å². The maximum absolute atomic E-state index is 12.3. The molecule has 1 N–H and O–H groups in total. The molecule has 0 bridgehead atoms. The van der Waals surface area contributed by atoms with Gasteiger partial charge in [-0.15, -0.1) is 0 Å². The van der Waals surface area contributed by atoms with Gasteiger partial charge in [-0.3, -0.25) is 14.4 Å². The molecule has 1 aliphatic heterocycles. The van der Waals surface area contributed by atoms with Gasteiger partial charge >= 0.3 is 5.97 Å². The highest BCUT2D eigenvalue weighted by Gasteiger charge is 2.36. The molecule has 0 spiro atoms. The number of hydrogen-bond donors (Lipinski definition) is 1. The van der Waals surface area contributed by atoms with Gasteiger partial charge in [-0.2, -0.15) is 0 Å². The molecule has 5 nitrogen and oxygen atoms in total. The highest BCUT2D eigenvalue weighted by atomic mass is 35.5. The third-order valence-electron chi connectivity index (χ3n) is 3.76. The van der Waals surface area contributed by atoms with Gasteiger partial charge in [-0.1, -0.05) is 35.5 Å². The van der Waals surface area contributed by atoms with Crippen molar-refractivity contribution in [3.05, 3.63) is 34.9 Å². The third-order valence-corrected chi connectivity index (χ3v) is 5.06. The molecule has 23 heavy (non-hydrogen) atoms. The van der Waals surface area contributed by atoms with Gasteiger partial charge < -0.3 is 10.0 Å². The number of rotatable bonds is 6. The average molecular weight is 356 g/mol. The Morgan fingerprint density at radius 1 is 1.39 bits per heavy atom. The Labute approximate surface area is 144 Å². The minimum absolute atomic E-state index is 0.0238. The van der Waals surface area contributed by atoms with Crippen LogP contribution in [0.5, 0.6) is 0 Å². The molecule has 0 radical (unpaired) electrons. The molecular weight excluding hydrogens is 338 g/mol. The zero-order chi connectivity index (χ0) is 17.0. The Kier molecular flexibility index (Phi) is 6.07. The van der Waals surface area contributed by atoms with E-state index in [4.69, 9.17) is 11.6 Å². The normalized spacial score (nSPS) is 19.0. The van der Waals surface area contributed by atoms with Gasteiger partial charge in [0, 0.05) is 30.7 Å². The van der Waals surface area contributed by atoms with E-state index in [1.165, 1.54) is 18.7 Å². The monoisotopic (exact) mass is 355 g/mol. The molecule has 124 valence electrons. The predicted molar refractivity (Wildman–Crippen MR) is 89.4 cm³/mol. The molecule has 0 saturated carbocycles. The largest absolute Gasteiger partial charge is 0.481 e. The molecule has 1 heterocycles. The lowest BCUT2D eigenvalue weighted by atomic mass is 10.0. The lowest BCUT2D eigenvalue weighted by Gasteiger charge is -2.27. The molecule has 2 rings (SSSR count). The lowest BCUT2D eigenvalue weighted by molar-refractivity contribution is -0.140.